The van der Waals surface area contributed by atoms with Gasteiger partial charge in [0.2, 0.25) is 0 Å². The Morgan fingerprint density at radius 1 is 0.327 bits per heavy atom. The summed E-state index contributed by atoms with van der Waals surface area (Å²) in [5, 5.41) is 15.8. The van der Waals surface area contributed by atoms with Gasteiger partial charge in [0.25, 0.3) is 0 Å². The van der Waals surface area contributed by atoms with E-state index < -0.39 is 16.1 Å². The molecule has 4 aromatic heterocycles. The van der Waals surface area contributed by atoms with Gasteiger partial charge in [-0.05, 0) is 123 Å². The zero-order chi connectivity index (χ0) is 37.3. The number of fused-ring (bicyclic) bond motifs is 10. The molecule has 0 spiro atoms. The van der Waals surface area contributed by atoms with Crippen LogP contribution in [-0.4, -0.2) is 16.1 Å². The summed E-state index contributed by atoms with van der Waals surface area (Å²) in [4.78, 5) is 0. The van der Waals surface area contributed by atoms with Gasteiger partial charge in [-0.2, -0.15) is 0 Å². The van der Waals surface area contributed by atoms with Crippen LogP contribution in [0, 0.1) is 0 Å². The molecule has 0 nitrogen and oxygen atoms in total. The Morgan fingerprint density at radius 2 is 0.615 bits per heavy atom. The van der Waals surface area contributed by atoms with E-state index in [0.717, 1.165) is 33.2 Å². The molecule has 0 saturated carbocycles. The van der Waals surface area contributed by atoms with E-state index in [1.54, 1.807) is 9.00 Å². The molecule has 8 aromatic rings. The third kappa shape index (κ3) is 5.81. The molecule has 0 amide bonds. The van der Waals surface area contributed by atoms with Crippen molar-refractivity contribution in [3.05, 3.63) is 83.6 Å². The van der Waals surface area contributed by atoms with E-state index in [1.165, 1.54) is 61.9 Å². The van der Waals surface area contributed by atoms with Crippen molar-refractivity contribution in [3.8, 4) is 0 Å². The number of thiophene rings is 4. The van der Waals surface area contributed by atoms with Crippen LogP contribution in [0.5, 0.6) is 0 Å². The second-order valence-electron chi connectivity index (χ2n) is 17.0. The smallest absolute Gasteiger partial charge is 0.107 e. The molecule has 0 bridgehead atoms. The average Bonchev–Trinajstić information content (AvgIpc) is 3.89. The van der Waals surface area contributed by atoms with Crippen LogP contribution in [0.25, 0.3) is 61.9 Å². The molecule has 0 radical (unpaired) electrons. The molecular weight excluding hydrogens is 737 g/mol. The van der Waals surface area contributed by atoms with Gasteiger partial charge in [-0.3, -0.25) is 0 Å². The Labute approximate surface area is 329 Å². The first-order valence-corrected chi connectivity index (χ1v) is 27.3. The minimum atomic E-state index is -1.66. The summed E-state index contributed by atoms with van der Waals surface area (Å²) in [6.45, 7) is 29.8. The predicted molar refractivity (Wildman–Crippen MR) is 251 cm³/mol. The molecule has 272 valence electrons. The first-order chi connectivity index (χ1) is 24.7. The number of hydrogen-bond acceptors (Lipinski definition) is 4. The highest BCUT2D eigenvalue weighted by Crippen LogP contribution is 2.46. The standard InChI is InChI=1S/C32H48S2Si2.C14H8S2/c1-19(2)35(20(3)4,21(5)6)31-17-27-25-14-16-30-28(26(25)13-15-29(27)33-31)18-32(34-30)36(22(7)8,23(9)10)24(11)12;1-3-13-12(6-8-15-13)10-2-4-14-11(9(1)10)5-7-16-14/h13-24H,1-12H3;1-8H. The minimum Gasteiger partial charge on any atom is -0.145 e. The maximum atomic E-state index is 2.63. The third-order valence-electron chi connectivity index (χ3n) is 12.8. The van der Waals surface area contributed by atoms with Gasteiger partial charge < -0.3 is 0 Å². The van der Waals surface area contributed by atoms with Crippen LogP contribution < -0.4 is 9.00 Å². The normalized spacial score (nSPS) is 13.3. The summed E-state index contributed by atoms with van der Waals surface area (Å²) in [5.74, 6) is 0. The monoisotopic (exact) mass is 792 g/mol. The minimum absolute atomic E-state index is 0.740. The van der Waals surface area contributed by atoms with Gasteiger partial charge in [0.05, 0.1) is 0 Å². The molecule has 0 fully saturated rings. The molecule has 0 atom stereocenters. The van der Waals surface area contributed by atoms with Gasteiger partial charge in [0.15, 0.2) is 0 Å². The van der Waals surface area contributed by atoms with Crippen LogP contribution in [0.15, 0.2) is 83.6 Å². The van der Waals surface area contributed by atoms with Crippen LogP contribution in [0.1, 0.15) is 83.1 Å². The van der Waals surface area contributed by atoms with E-state index in [4.69, 9.17) is 0 Å². The summed E-state index contributed by atoms with van der Waals surface area (Å²) in [6.07, 6.45) is 0. The van der Waals surface area contributed by atoms with E-state index >= 15 is 0 Å². The van der Waals surface area contributed by atoms with E-state index in [-0.39, 0.29) is 0 Å². The molecule has 0 unspecified atom stereocenters. The number of rotatable bonds is 8. The highest BCUT2D eigenvalue weighted by Gasteiger charge is 2.47. The van der Waals surface area contributed by atoms with Crippen LogP contribution in [0.4, 0.5) is 0 Å². The fraction of sp³-hybridized carbons (Fsp3) is 0.391. The van der Waals surface area contributed by atoms with E-state index in [0.29, 0.717) is 0 Å². The van der Waals surface area contributed by atoms with Crippen molar-refractivity contribution in [1.82, 2.24) is 0 Å². The van der Waals surface area contributed by atoms with Crippen molar-refractivity contribution >= 4 is 132 Å². The SMILES string of the molecule is CC(C)[Si](c1cc2c(ccc3c4cc([Si](C(C)C)(C(C)C)C(C)C)sc4ccc23)s1)(C(C)C)C(C)C.c1cc2c(ccc3c4ccsc4ccc23)s1. The average molecular weight is 793 g/mol. The first-order valence-electron chi connectivity index (χ1n) is 19.4. The molecule has 8 rings (SSSR count). The zero-order valence-electron chi connectivity index (χ0n) is 33.2. The lowest BCUT2D eigenvalue weighted by atomic mass is 10.0. The molecule has 0 aliphatic heterocycles. The first kappa shape index (κ1) is 38.0. The molecule has 4 aromatic carbocycles. The predicted octanol–water partition coefficient (Wildman–Crippen LogP) is 16.3. The third-order valence-corrected chi connectivity index (χ3v) is 32.6. The van der Waals surface area contributed by atoms with Crippen molar-refractivity contribution in [2.75, 3.05) is 0 Å². The lowest BCUT2D eigenvalue weighted by Gasteiger charge is -2.42. The van der Waals surface area contributed by atoms with Crippen LogP contribution in [0.3, 0.4) is 0 Å². The second-order valence-corrected chi connectivity index (χ2v) is 33.5. The Bertz CT molecular complexity index is 2300. The van der Waals surface area contributed by atoms with Gasteiger partial charge in [-0.15, -0.1) is 45.3 Å². The van der Waals surface area contributed by atoms with Gasteiger partial charge >= 0.3 is 0 Å². The van der Waals surface area contributed by atoms with E-state index in [1.807, 2.05) is 22.7 Å². The highest BCUT2D eigenvalue weighted by atomic mass is 32.1. The quantitative estimate of drug-likeness (QED) is 0.134. The molecule has 52 heavy (non-hydrogen) atoms. The van der Waals surface area contributed by atoms with Crippen molar-refractivity contribution in [2.24, 2.45) is 0 Å². The lowest BCUT2D eigenvalue weighted by Crippen LogP contribution is -2.54. The van der Waals surface area contributed by atoms with Gasteiger partial charge in [0.1, 0.15) is 16.1 Å². The highest BCUT2D eigenvalue weighted by molar-refractivity contribution is 7.33. The molecule has 0 aliphatic rings. The van der Waals surface area contributed by atoms with Crippen LogP contribution in [-0.2, 0) is 0 Å². The Kier molecular flexibility index (Phi) is 10.5. The fourth-order valence-electron chi connectivity index (χ4n) is 10.9. The van der Waals surface area contributed by atoms with E-state index in [9.17, 15) is 0 Å². The number of hydrogen-bond donors (Lipinski definition) is 0. The summed E-state index contributed by atoms with van der Waals surface area (Å²) in [7, 11) is -3.32. The molecule has 6 heteroatoms. The lowest BCUT2D eigenvalue weighted by molar-refractivity contribution is 0.837. The summed E-state index contributed by atoms with van der Waals surface area (Å²) in [6, 6.07) is 28.4. The Hall–Kier alpha value is -2.33. The van der Waals surface area contributed by atoms with Gasteiger partial charge in [0, 0.05) is 40.3 Å². The van der Waals surface area contributed by atoms with Crippen LogP contribution in [0.2, 0.25) is 33.2 Å². The molecule has 0 aliphatic carbocycles. The summed E-state index contributed by atoms with van der Waals surface area (Å²) >= 11 is 7.83. The molecular formula is C46H56S4Si2. The summed E-state index contributed by atoms with van der Waals surface area (Å²) in [5.41, 5.74) is 4.44. The van der Waals surface area contributed by atoms with Crippen molar-refractivity contribution in [1.29, 1.82) is 0 Å². The largest absolute Gasteiger partial charge is 0.145 e. The van der Waals surface area contributed by atoms with Gasteiger partial charge in [-0.1, -0.05) is 107 Å². The van der Waals surface area contributed by atoms with E-state index in [2.05, 4.69) is 189 Å². The maximum absolute atomic E-state index is 2.63. The molecule has 4 heterocycles. The van der Waals surface area contributed by atoms with Crippen molar-refractivity contribution < 1.29 is 0 Å². The van der Waals surface area contributed by atoms with Crippen molar-refractivity contribution in [3.63, 3.8) is 0 Å². The van der Waals surface area contributed by atoms with Gasteiger partial charge in [-0.25, -0.2) is 0 Å². The summed E-state index contributed by atoms with van der Waals surface area (Å²) < 4.78 is 9.12. The Balaban J connectivity index is 0.000000215. The second kappa shape index (κ2) is 14.4. The molecule has 0 saturated heterocycles. The number of benzene rings is 4. The molecule has 0 N–H and O–H groups in total. The zero-order valence-corrected chi connectivity index (χ0v) is 38.4. The maximum Gasteiger partial charge on any atom is 0.107 e. The fourth-order valence-corrected chi connectivity index (χ4v) is 32.7. The van der Waals surface area contributed by atoms with Crippen molar-refractivity contribution in [2.45, 2.75) is 116 Å². The Morgan fingerprint density at radius 3 is 0.923 bits per heavy atom. The topological polar surface area (TPSA) is 0 Å². The van der Waals surface area contributed by atoms with Crippen LogP contribution >= 0.6 is 45.3 Å².